The number of carbonyl (C=O) groups excluding carboxylic acids is 1. The second kappa shape index (κ2) is 8.18. The van der Waals surface area contributed by atoms with Crippen molar-refractivity contribution in [3.05, 3.63) is 59.7 Å². The zero-order valence-corrected chi connectivity index (χ0v) is 13.3. The number of hydrazone groups is 1. The van der Waals surface area contributed by atoms with Gasteiger partial charge in [0.15, 0.2) is 0 Å². The second-order valence-electron chi connectivity index (χ2n) is 4.97. The quantitative estimate of drug-likeness (QED) is 0.620. The summed E-state index contributed by atoms with van der Waals surface area (Å²) in [6.45, 7) is -0.218. The smallest absolute Gasteiger partial charge is 0.416 e. The van der Waals surface area contributed by atoms with Gasteiger partial charge in [0.25, 0.3) is 5.91 Å². The Morgan fingerprint density at radius 3 is 2.68 bits per heavy atom. The molecule has 0 aliphatic rings. The van der Waals surface area contributed by atoms with Crippen LogP contribution < -0.4 is 15.5 Å². The maximum absolute atomic E-state index is 12.6. The number of hydrogen-bond acceptors (Lipinski definition) is 4. The first kappa shape index (κ1) is 18.3. The minimum absolute atomic E-state index is 0.193. The van der Waals surface area contributed by atoms with Crippen molar-refractivity contribution in [2.75, 3.05) is 19.0 Å². The number of nitrogens with one attached hydrogen (secondary N) is 2. The summed E-state index contributed by atoms with van der Waals surface area (Å²) >= 11 is 0. The number of halogens is 3. The molecule has 0 unspecified atom stereocenters. The Labute approximate surface area is 142 Å². The number of alkyl halides is 3. The Morgan fingerprint density at radius 1 is 1.20 bits per heavy atom. The molecule has 1 amide bonds. The number of benzene rings is 2. The highest BCUT2D eigenvalue weighted by Gasteiger charge is 2.30. The molecule has 2 N–H and O–H groups in total. The van der Waals surface area contributed by atoms with Gasteiger partial charge in [-0.25, -0.2) is 5.43 Å². The van der Waals surface area contributed by atoms with Crippen LogP contribution in [0.1, 0.15) is 11.1 Å². The Balaban J connectivity index is 1.88. The molecular formula is C17H16F3N3O2. The molecule has 5 nitrogen and oxygen atoms in total. The maximum Gasteiger partial charge on any atom is 0.416 e. The molecule has 25 heavy (non-hydrogen) atoms. The lowest BCUT2D eigenvalue weighted by Gasteiger charge is -2.10. The Morgan fingerprint density at radius 2 is 1.96 bits per heavy atom. The van der Waals surface area contributed by atoms with Gasteiger partial charge in [-0.1, -0.05) is 18.2 Å². The zero-order chi connectivity index (χ0) is 18.3. The van der Waals surface area contributed by atoms with Crippen molar-refractivity contribution < 1.29 is 22.7 Å². The number of anilines is 1. The van der Waals surface area contributed by atoms with E-state index in [-0.39, 0.29) is 12.2 Å². The molecule has 0 radical (unpaired) electrons. The van der Waals surface area contributed by atoms with E-state index in [9.17, 15) is 18.0 Å². The molecule has 2 rings (SSSR count). The fraction of sp³-hybridized carbons (Fsp3) is 0.176. The van der Waals surface area contributed by atoms with Crippen LogP contribution in [0.15, 0.2) is 53.6 Å². The average Bonchev–Trinajstić information content (AvgIpc) is 2.60. The van der Waals surface area contributed by atoms with Crippen molar-refractivity contribution in [3.63, 3.8) is 0 Å². The van der Waals surface area contributed by atoms with Crippen molar-refractivity contribution in [2.45, 2.75) is 6.18 Å². The van der Waals surface area contributed by atoms with Crippen LogP contribution >= 0.6 is 0 Å². The predicted octanol–water partition coefficient (Wildman–Crippen LogP) is 3.28. The molecule has 8 heteroatoms. The van der Waals surface area contributed by atoms with Crippen LogP contribution in [-0.4, -0.2) is 25.8 Å². The third-order valence-corrected chi connectivity index (χ3v) is 3.17. The lowest BCUT2D eigenvalue weighted by molar-refractivity contribution is -0.137. The van der Waals surface area contributed by atoms with E-state index in [1.165, 1.54) is 25.5 Å². The van der Waals surface area contributed by atoms with Gasteiger partial charge in [-0.2, -0.15) is 18.3 Å². The number of rotatable bonds is 6. The number of hydrogen-bond donors (Lipinski definition) is 2. The summed E-state index contributed by atoms with van der Waals surface area (Å²) in [6.07, 6.45) is -3.01. The van der Waals surface area contributed by atoms with Gasteiger partial charge < -0.3 is 10.1 Å². The first-order chi connectivity index (χ1) is 11.9. The van der Waals surface area contributed by atoms with Gasteiger partial charge in [0.1, 0.15) is 5.75 Å². The summed E-state index contributed by atoms with van der Waals surface area (Å²) in [7, 11) is 1.52. The molecule has 0 heterocycles. The van der Waals surface area contributed by atoms with Gasteiger partial charge in [0.05, 0.1) is 25.4 Å². The maximum atomic E-state index is 12.6. The highest BCUT2D eigenvalue weighted by atomic mass is 19.4. The highest BCUT2D eigenvalue weighted by Crippen LogP contribution is 2.30. The van der Waals surface area contributed by atoms with E-state index in [4.69, 9.17) is 4.74 Å². The molecule has 132 valence electrons. The van der Waals surface area contributed by atoms with Crippen LogP contribution in [0.4, 0.5) is 18.9 Å². The molecule has 0 saturated heterocycles. The third-order valence-electron chi connectivity index (χ3n) is 3.17. The Bertz CT molecular complexity index is 761. The number of methoxy groups -OCH3 is 1. The number of nitrogens with zero attached hydrogens (tertiary/aromatic N) is 1. The molecule has 0 bridgehead atoms. The van der Waals surface area contributed by atoms with Crippen LogP contribution in [0, 0.1) is 0 Å². The van der Waals surface area contributed by atoms with E-state index in [2.05, 4.69) is 15.8 Å². The number of amides is 1. The number of carbonyl (C=O) groups is 1. The summed E-state index contributed by atoms with van der Waals surface area (Å²) < 4.78 is 43.0. The first-order valence-electron chi connectivity index (χ1n) is 7.26. The van der Waals surface area contributed by atoms with Gasteiger partial charge in [-0.15, -0.1) is 0 Å². The largest absolute Gasteiger partial charge is 0.496 e. The van der Waals surface area contributed by atoms with E-state index >= 15 is 0 Å². The lowest BCUT2D eigenvalue weighted by atomic mass is 10.2. The van der Waals surface area contributed by atoms with Gasteiger partial charge in [-0.3, -0.25) is 4.79 Å². The van der Waals surface area contributed by atoms with E-state index in [1.807, 2.05) is 0 Å². The van der Waals surface area contributed by atoms with Crippen LogP contribution in [0.5, 0.6) is 5.75 Å². The first-order valence-corrected chi connectivity index (χ1v) is 7.26. The number of para-hydroxylation sites is 1. The fourth-order valence-electron chi connectivity index (χ4n) is 1.97. The SMILES string of the molecule is COc1ccccc1/C=N\NC(=O)CNc1cccc(C(F)(F)F)c1. The Hall–Kier alpha value is -3.03. The van der Waals surface area contributed by atoms with Crippen molar-refractivity contribution in [3.8, 4) is 5.75 Å². The van der Waals surface area contributed by atoms with Crippen molar-refractivity contribution in [1.82, 2.24) is 5.43 Å². The van der Waals surface area contributed by atoms with Crippen molar-refractivity contribution >= 4 is 17.8 Å². The molecule has 0 fully saturated rings. The lowest BCUT2D eigenvalue weighted by Crippen LogP contribution is -2.26. The molecule has 2 aromatic rings. The van der Waals surface area contributed by atoms with Crippen LogP contribution in [0.3, 0.4) is 0 Å². The van der Waals surface area contributed by atoms with Crippen LogP contribution in [-0.2, 0) is 11.0 Å². The molecule has 0 aromatic heterocycles. The second-order valence-corrected chi connectivity index (χ2v) is 4.97. The molecule has 0 aliphatic heterocycles. The molecule has 0 saturated carbocycles. The zero-order valence-electron chi connectivity index (χ0n) is 13.3. The van der Waals surface area contributed by atoms with Crippen molar-refractivity contribution in [1.29, 1.82) is 0 Å². The fourth-order valence-corrected chi connectivity index (χ4v) is 1.97. The minimum atomic E-state index is -4.43. The monoisotopic (exact) mass is 351 g/mol. The summed E-state index contributed by atoms with van der Waals surface area (Å²) in [4.78, 5) is 11.7. The molecule has 0 atom stereocenters. The van der Waals surface area contributed by atoms with Gasteiger partial charge >= 0.3 is 6.18 Å². The normalized spacial score (nSPS) is 11.4. The summed E-state index contributed by atoms with van der Waals surface area (Å²) in [5, 5.41) is 6.41. The molecule has 0 spiro atoms. The van der Waals surface area contributed by atoms with E-state index < -0.39 is 17.6 Å². The van der Waals surface area contributed by atoms with Crippen LogP contribution in [0.2, 0.25) is 0 Å². The van der Waals surface area contributed by atoms with E-state index in [1.54, 1.807) is 24.3 Å². The van der Waals surface area contributed by atoms with E-state index in [0.29, 0.717) is 11.3 Å². The topological polar surface area (TPSA) is 62.7 Å². The van der Waals surface area contributed by atoms with Gasteiger partial charge in [0, 0.05) is 11.3 Å². The van der Waals surface area contributed by atoms with E-state index in [0.717, 1.165) is 12.1 Å². The number of ether oxygens (including phenoxy) is 1. The summed E-state index contributed by atoms with van der Waals surface area (Å²) in [6, 6.07) is 11.7. The van der Waals surface area contributed by atoms with Crippen LogP contribution in [0.25, 0.3) is 0 Å². The third kappa shape index (κ3) is 5.52. The molecular weight excluding hydrogens is 335 g/mol. The minimum Gasteiger partial charge on any atom is -0.496 e. The average molecular weight is 351 g/mol. The van der Waals surface area contributed by atoms with Crippen molar-refractivity contribution in [2.24, 2.45) is 5.10 Å². The standard InChI is InChI=1S/C17H16F3N3O2/c1-25-15-8-3-2-5-12(15)10-22-23-16(24)11-21-14-7-4-6-13(9-14)17(18,19)20/h2-10,21H,11H2,1H3,(H,23,24)/b22-10-. The predicted molar refractivity (Wildman–Crippen MR) is 88.7 cm³/mol. The summed E-state index contributed by atoms with van der Waals surface area (Å²) in [5.74, 6) is 0.103. The van der Waals surface area contributed by atoms with Gasteiger partial charge in [0.2, 0.25) is 0 Å². The molecule has 2 aromatic carbocycles. The Kier molecular flexibility index (Phi) is 5.99. The highest BCUT2D eigenvalue weighted by molar-refractivity contribution is 5.86. The van der Waals surface area contributed by atoms with Gasteiger partial charge in [-0.05, 0) is 30.3 Å². The summed E-state index contributed by atoms with van der Waals surface area (Å²) in [5.41, 5.74) is 2.37. The molecule has 0 aliphatic carbocycles.